The highest BCUT2D eigenvalue weighted by molar-refractivity contribution is 5.99. The molecule has 1 saturated carbocycles. The van der Waals surface area contributed by atoms with Gasteiger partial charge in [-0.15, -0.1) is 0 Å². The summed E-state index contributed by atoms with van der Waals surface area (Å²) in [6.45, 7) is 5.92. The van der Waals surface area contributed by atoms with Gasteiger partial charge in [0.2, 0.25) is 17.7 Å². The number of hydrogen-bond acceptors (Lipinski definition) is 5. The van der Waals surface area contributed by atoms with E-state index in [1.54, 1.807) is 14.0 Å². The molecule has 3 amide bonds. The van der Waals surface area contributed by atoms with Gasteiger partial charge in [0, 0.05) is 18.6 Å². The maximum atomic E-state index is 14.2. The molecule has 1 aromatic rings. The molecule has 1 saturated heterocycles. The highest BCUT2D eigenvalue weighted by atomic mass is 19.1. The molecule has 1 heterocycles. The summed E-state index contributed by atoms with van der Waals surface area (Å²) in [5, 5.41) is 11.5. The van der Waals surface area contributed by atoms with Crippen LogP contribution in [0.4, 0.5) is 14.5 Å². The third kappa shape index (κ3) is 6.79. The van der Waals surface area contributed by atoms with Crippen molar-refractivity contribution < 1.29 is 23.2 Å². The average Bonchev–Trinajstić information content (AvgIpc) is 3.27. The van der Waals surface area contributed by atoms with Crippen LogP contribution in [0.1, 0.15) is 59.3 Å². The normalized spacial score (nSPS) is 22.4. The van der Waals surface area contributed by atoms with E-state index in [1.165, 1.54) is 11.0 Å². The van der Waals surface area contributed by atoms with E-state index in [4.69, 9.17) is 0 Å². The molecule has 1 aromatic carbocycles. The molecule has 0 radical (unpaired) electrons. The van der Waals surface area contributed by atoms with E-state index in [0.29, 0.717) is 6.42 Å². The van der Waals surface area contributed by atoms with Gasteiger partial charge >= 0.3 is 0 Å². The van der Waals surface area contributed by atoms with Crippen molar-refractivity contribution in [2.45, 2.75) is 89.5 Å². The summed E-state index contributed by atoms with van der Waals surface area (Å²) in [5.74, 6) is -3.08. The summed E-state index contributed by atoms with van der Waals surface area (Å²) in [6, 6.07) is 1.11. The molecule has 8 nitrogen and oxygen atoms in total. The van der Waals surface area contributed by atoms with Gasteiger partial charge in [-0.3, -0.25) is 14.4 Å². The summed E-state index contributed by atoms with van der Waals surface area (Å²) in [4.78, 5) is 41.5. The van der Waals surface area contributed by atoms with E-state index in [0.717, 1.165) is 44.2 Å². The molecule has 0 bridgehead atoms. The Morgan fingerprint density at radius 3 is 2.25 bits per heavy atom. The quantitative estimate of drug-likeness (QED) is 0.412. The lowest BCUT2D eigenvalue weighted by molar-refractivity contribution is -0.142. The fraction of sp³-hybridized carbons (Fsp3) is 0.654. The Bertz CT molecular complexity index is 918. The number of carbonyl (C=O) groups is 3. The van der Waals surface area contributed by atoms with Gasteiger partial charge in [-0.1, -0.05) is 39.2 Å². The number of nitrogens with zero attached hydrogens (tertiary/aromatic N) is 1. The van der Waals surface area contributed by atoms with Crippen molar-refractivity contribution in [1.82, 2.24) is 20.9 Å². The highest BCUT2D eigenvalue weighted by Gasteiger charge is 2.44. The van der Waals surface area contributed by atoms with Crippen LogP contribution < -0.4 is 21.3 Å². The predicted molar refractivity (Wildman–Crippen MR) is 134 cm³/mol. The summed E-state index contributed by atoms with van der Waals surface area (Å²) in [7, 11) is 1.67. The second-order valence-corrected chi connectivity index (χ2v) is 10.2. The topological polar surface area (TPSA) is 103 Å². The van der Waals surface area contributed by atoms with E-state index in [1.807, 2.05) is 13.8 Å². The number of hydrogen-bond donors (Lipinski definition) is 4. The van der Waals surface area contributed by atoms with E-state index >= 15 is 0 Å². The van der Waals surface area contributed by atoms with Crippen molar-refractivity contribution in [3.05, 3.63) is 29.8 Å². The van der Waals surface area contributed by atoms with Gasteiger partial charge in [0.1, 0.15) is 29.4 Å². The fourth-order valence-corrected chi connectivity index (χ4v) is 5.18. The molecule has 1 aliphatic carbocycles. The van der Waals surface area contributed by atoms with E-state index in [-0.39, 0.29) is 36.4 Å². The van der Waals surface area contributed by atoms with E-state index in [9.17, 15) is 23.2 Å². The van der Waals surface area contributed by atoms with Crippen molar-refractivity contribution in [1.29, 1.82) is 0 Å². The third-order valence-corrected chi connectivity index (χ3v) is 7.18. The number of para-hydroxylation sites is 1. The molecule has 1 aliphatic heterocycles. The Balaban J connectivity index is 1.87. The number of likely N-dealkylation sites (N-methyl/N-ethyl adjacent to an activating group) is 1. The van der Waals surface area contributed by atoms with Crippen LogP contribution in [-0.2, 0) is 14.4 Å². The number of nitrogens with one attached hydrogen (secondary N) is 4. The van der Waals surface area contributed by atoms with Crippen molar-refractivity contribution in [2.75, 3.05) is 18.9 Å². The lowest BCUT2D eigenvalue weighted by atomic mass is 9.83. The molecule has 4 atom stereocenters. The first-order valence-corrected chi connectivity index (χ1v) is 12.9. The van der Waals surface area contributed by atoms with Gasteiger partial charge in [0.25, 0.3) is 0 Å². The SMILES string of the molecule is CN[C@@H](C)C(=O)N[C@H](C(=O)N1C[C@@H](NC(C)C)CC1C(=O)Nc1c(F)cccc1F)C1CCCCC1. The molecule has 1 unspecified atom stereocenters. The molecule has 4 N–H and O–H groups in total. The Kier molecular flexibility index (Phi) is 9.78. The van der Waals surface area contributed by atoms with Crippen molar-refractivity contribution in [3.63, 3.8) is 0 Å². The number of likely N-dealkylation sites (tertiary alicyclic amines) is 1. The van der Waals surface area contributed by atoms with Crippen molar-refractivity contribution >= 4 is 23.4 Å². The fourth-order valence-electron chi connectivity index (χ4n) is 5.18. The number of amides is 3. The van der Waals surface area contributed by atoms with Gasteiger partial charge in [0.05, 0.1) is 6.04 Å². The predicted octanol–water partition coefficient (Wildman–Crippen LogP) is 2.54. The van der Waals surface area contributed by atoms with Crippen LogP contribution in [0.3, 0.4) is 0 Å². The molecule has 2 fully saturated rings. The van der Waals surface area contributed by atoms with Gasteiger partial charge in [-0.25, -0.2) is 8.78 Å². The van der Waals surface area contributed by atoms with Crippen LogP contribution in [0.2, 0.25) is 0 Å². The first-order chi connectivity index (χ1) is 17.1. The molecular formula is C26H39F2N5O3. The lowest BCUT2D eigenvalue weighted by Crippen LogP contribution is -2.57. The van der Waals surface area contributed by atoms with Crippen LogP contribution in [0, 0.1) is 17.6 Å². The number of benzene rings is 1. The Hall–Kier alpha value is -2.59. The number of halogens is 2. The average molecular weight is 508 g/mol. The highest BCUT2D eigenvalue weighted by Crippen LogP contribution is 2.30. The van der Waals surface area contributed by atoms with E-state index < -0.39 is 41.4 Å². The molecule has 3 rings (SSSR count). The number of anilines is 1. The zero-order chi connectivity index (χ0) is 26.4. The Labute approximate surface area is 211 Å². The maximum absolute atomic E-state index is 14.2. The van der Waals surface area contributed by atoms with Gasteiger partial charge in [-0.2, -0.15) is 0 Å². The standard InChI is InChI=1S/C26H39F2N5O3/c1-15(2)30-18-13-21(25(35)32-23-19(27)11-8-12-20(23)28)33(14-18)26(36)22(17-9-6-5-7-10-17)31-24(34)16(3)29-4/h8,11-12,15-18,21-22,29-30H,5-7,9-10,13-14H2,1-4H3,(H,31,34)(H,32,35)/t16-,18-,21?,22-/m0/s1. The van der Waals surface area contributed by atoms with Crippen LogP contribution in [0.25, 0.3) is 0 Å². The smallest absolute Gasteiger partial charge is 0.247 e. The lowest BCUT2D eigenvalue weighted by Gasteiger charge is -2.35. The third-order valence-electron chi connectivity index (χ3n) is 7.18. The zero-order valence-corrected chi connectivity index (χ0v) is 21.6. The maximum Gasteiger partial charge on any atom is 0.247 e. The molecule has 36 heavy (non-hydrogen) atoms. The molecule has 0 aromatic heterocycles. The van der Waals surface area contributed by atoms with Crippen molar-refractivity contribution in [2.24, 2.45) is 5.92 Å². The van der Waals surface area contributed by atoms with Crippen molar-refractivity contribution in [3.8, 4) is 0 Å². The molecule has 200 valence electrons. The molecule has 10 heteroatoms. The Morgan fingerprint density at radius 1 is 1.03 bits per heavy atom. The second-order valence-electron chi connectivity index (χ2n) is 10.2. The summed E-state index contributed by atoms with van der Waals surface area (Å²) < 4.78 is 28.4. The van der Waals surface area contributed by atoms with Crippen LogP contribution in [0.5, 0.6) is 0 Å². The molecule has 2 aliphatic rings. The van der Waals surface area contributed by atoms with Gasteiger partial charge in [-0.05, 0) is 51.3 Å². The zero-order valence-electron chi connectivity index (χ0n) is 21.6. The van der Waals surface area contributed by atoms with Gasteiger partial charge < -0.3 is 26.2 Å². The number of carbonyl (C=O) groups excluding carboxylic acids is 3. The molecule has 0 spiro atoms. The van der Waals surface area contributed by atoms with Crippen LogP contribution >= 0.6 is 0 Å². The minimum atomic E-state index is -0.933. The minimum Gasteiger partial charge on any atom is -0.343 e. The first-order valence-electron chi connectivity index (χ1n) is 12.9. The second kappa shape index (κ2) is 12.6. The van der Waals surface area contributed by atoms with Crippen LogP contribution in [-0.4, -0.2) is 66.4 Å². The Morgan fingerprint density at radius 2 is 1.67 bits per heavy atom. The molecular weight excluding hydrogens is 468 g/mol. The summed E-state index contributed by atoms with van der Waals surface area (Å²) >= 11 is 0. The summed E-state index contributed by atoms with van der Waals surface area (Å²) in [5.41, 5.74) is -0.532. The van der Waals surface area contributed by atoms with Gasteiger partial charge in [0.15, 0.2) is 0 Å². The first kappa shape index (κ1) is 28.0. The number of rotatable bonds is 9. The van der Waals surface area contributed by atoms with Crippen LogP contribution in [0.15, 0.2) is 18.2 Å². The van der Waals surface area contributed by atoms with E-state index in [2.05, 4.69) is 21.3 Å². The monoisotopic (exact) mass is 507 g/mol. The summed E-state index contributed by atoms with van der Waals surface area (Å²) in [6.07, 6.45) is 4.94. The largest absolute Gasteiger partial charge is 0.343 e. The minimum absolute atomic E-state index is 0.0379.